The number of fused-ring (bicyclic) bond motifs is 1. The predicted octanol–water partition coefficient (Wildman–Crippen LogP) is 3.43. The van der Waals surface area contributed by atoms with Gasteiger partial charge in [-0.1, -0.05) is 12.1 Å². The fourth-order valence-corrected chi connectivity index (χ4v) is 2.71. The Morgan fingerprint density at radius 3 is 2.60 bits per heavy atom. The van der Waals surface area contributed by atoms with E-state index >= 15 is 0 Å². The van der Waals surface area contributed by atoms with E-state index in [2.05, 4.69) is 9.97 Å². The Hall–Kier alpha value is -2.61. The van der Waals surface area contributed by atoms with Crippen LogP contribution in [0.15, 0.2) is 30.3 Å². The minimum atomic E-state index is -4.57. The van der Waals surface area contributed by atoms with Gasteiger partial charge in [0.25, 0.3) is 0 Å². The largest absolute Gasteiger partial charge is 0.497 e. The van der Waals surface area contributed by atoms with Crippen molar-refractivity contribution in [2.24, 2.45) is 0 Å². The highest BCUT2D eigenvalue weighted by Crippen LogP contribution is 2.37. The summed E-state index contributed by atoms with van der Waals surface area (Å²) >= 11 is 0. The van der Waals surface area contributed by atoms with Gasteiger partial charge >= 0.3 is 6.18 Å². The van der Waals surface area contributed by atoms with Gasteiger partial charge in [0.15, 0.2) is 5.65 Å². The van der Waals surface area contributed by atoms with Crippen molar-refractivity contribution in [3.63, 3.8) is 0 Å². The molecule has 25 heavy (non-hydrogen) atoms. The SMILES string of the molecule is COc1cccc(-c2cc(C(F)(F)F)c3nc(C)n(CCO)c3n2)c1. The Balaban J connectivity index is 2.31. The molecule has 2 heterocycles. The van der Waals surface area contributed by atoms with Gasteiger partial charge in [0.2, 0.25) is 0 Å². The molecule has 1 aromatic carbocycles. The van der Waals surface area contributed by atoms with Gasteiger partial charge < -0.3 is 14.4 Å². The van der Waals surface area contributed by atoms with Crippen LogP contribution in [-0.4, -0.2) is 33.4 Å². The molecule has 0 atom stereocenters. The summed E-state index contributed by atoms with van der Waals surface area (Å²) in [5.74, 6) is 0.887. The van der Waals surface area contributed by atoms with Crippen LogP contribution in [0, 0.1) is 6.92 Å². The molecule has 5 nitrogen and oxygen atoms in total. The molecule has 0 unspecified atom stereocenters. The molecule has 3 rings (SSSR count). The van der Waals surface area contributed by atoms with Crippen molar-refractivity contribution in [3.05, 3.63) is 41.7 Å². The van der Waals surface area contributed by atoms with Crippen LogP contribution in [0.25, 0.3) is 22.4 Å². The zero-order chi connectivity index (χ0) is 18.2. The van der Waals surface area contributed by atoms with E-state index in [1.54, 1.807) is 31.2 Å². The molecule has 0 aliphatic heterocycles. The second-order valence-corrected chi connectivity index (χ2v) is 5.49. The van der Waals surface area contributed by atoms with Gasteiger partial charge in [-0.2, -0.15) is 13.2 Å². The van der Waals surface area contributed by atoms with Gasteiger partial charge in [-0.15, -0.1) is 0 Å². The molecule has 1 N–H and O–H groups in total. The lowest BCUT2D eigenvalue weighted by Gasteiger charge is -2.11. The lowest BCUT2D eigenvalue weighted by molar-refractivity contribution is -0.136. The third kappa shape index (κ3) is 3.17. The maximum atomic E-state index is 13.5. The highest BCUT2D eigenvalue weighted by molar-refractivity contribution is 5.81. The van der Waals surface area contributed by atoms with Crippen LogP contribution in [0.1, 0.15) is 11.4 Å². The van der Waals surface area contributed by atoms with Crippen LogP contribution in [0.3, 0.4) is 0 Å². The number of methoxy groups -OCH3 is 1. The highest BCUT2D eigenvalue weighted by Gasteiger charge is 2.35. The molecule has 0 saturated carbocycles. The zero-order valence-corrected chi connectivity index (χ0v) is 13.6. The predicted molar refractivity (Wildman–Crippen MR) is 86.3 cm³/mol. The Labute approximate surface area is 141 Å². The van der Waals surface area contributed by atoms with Crippen LogP contribution >= 0.6 is 0 Å². The lowest BCUT2D eigenvalue weighted by atomic mass is 10.1. The molecule has 0 aliphatic carbocycles. The van der Waals surface area contributed by atoms with Crippen molar-refractivity contribution in [1.29, 1.82) is 0 Å². The topological polar surface area (TPSA) is 60.2 Å². The molecule has 132 valence electrons. The van der Waals surface area contributed by atoms with Crippen molar-refractivity contribution in [2.75, 3.05) is 13.7 Å². The molecule has 3 aromatic rings. The van der Waals surface area contributed by atoms with E-state index in [9.17, 15) is 18.3 Å². The molecular formula is C17H16F3N3O2. The number of imidazole rings is 1. The van der Waals surface area contributed by atoms with Gasteiger partial charge in [-0.05, 0) is 25.1 Å². The third-order valence-corrected chi connectivity index (χ3v) is 3.89. The number of ether oxygens (including phenoxy) is 1. The number of benzene rings is 1. The Kier molecular flexibility index (Phi) is 4.38. The summed E-state index contributed by atoms with van der Waals surface area (Å²) in [6, 6.07) is 7.66. The number of rotatable bonds is 4. The first-order valence-corrected chi connectivity index (χ1v) is 7.55. The molecule has 8 heteroatoms. The zero-order valence-electron chi connectivity index (χ0n) is 13.6. The number of aliphatic hydroxyl groups is 1. The summed E-state index contributed by atoms with van der Waals surface area (Å²) in [5, 5.41) is 9.19. The number of aliphatic hydroxyl groups excluding tert-OH is 1. The van der Waals surface area contributed by atoms with Crippen molar-refractivity contribution in [2.45, 2.75) is 19.6 Å². The Morgan fingerprint density at radius 1 is 1.20 bits per heavy atom. The van der Waals surface area contributed by atoms with Crippen molar-refractivity contribution in [1.82, 2.24) is 14.5 Å². The fraction of sp³-hybridized carbons (Fsp3) is 0.294. The summed E-state index contributed by atoms with van der Waals surface area (Å²) < 4.78 is 47.2. The minimum Gasteiger partial charge on any atom is -0.497 e. The first kappa shape index (κ1) is 17.2. The monoisotopic (exact) mass is 351 g/mol. The van der Waals surface area contributed by atoms with E-state index in [1.165, 1.54) is 11.7 Å². The van der Waals surface area contributed by atoms with Gasteiger partial charge in [0, 0.05) is 12.1 Å². The van der Waals surface area contributed by atoms with Gasteiger partial charge in [-0.3, -0.25) is 0 Å². The Morgan fingerprint density at radius 2 is 1.96 bits per heavy atom. The van der Waals surface area contributed by atoms with Crippen molar-refractivity contribution < 1.29 is 23.0 Å². The number of aryl methyl sites for hydroxylation is 1. The summed E-state index contributed by atoms with van der Waals surface area (Å²) in [6.07, 6.45) is -4.57. The molecule has 0 radical (unpaired) electrons. The molecule has 0 spiro atoms. The molecular weight excluding hydrogens is 335 g/mol. The maximum absolute atomic E-state index is 13.5. The molecule has 0 saturated heterocycles. The van der Waals surface area contributed by atoms with Crippen molar-refractivity contribution >= 4 is 11.2 Å². The second kappa shape index (κ2) is 6.36. The fourth-order valence-electron chi connectivity index (χ4n) is 2.71. The Bertz CT molecular complexity index is 919. The number of hydrogen-bond acceptors (Lipinski definition) is 4. The second-order valence-electron chi connectivity index (χ2n) is 5.49. The lowest BCUT2D eigenvalue weighted by Crippen LogP contribution is -2.09. The van der Waals surface area contributed by atoms with Crippen LogP contribution in [0.2, 0.25) is 0 Å². The minimum absolute atomic E-state index is 0.0965. The van der Waals surface area contributed by atoms with E-state index in [0.717, 1.165) is 6.07 Å². The number of aromatic nitrogens is 3. The van der Waals surface area contributed by atoms with E-state index in [-0.39, 0.29) is 30.0 Å². The average Bonchev–Trinajstić information content (AvgIpc) is 2.89. The number of halogens is 3. The summed E-state index contributed by atoms with van der Waals surface area (Å²) in [6.45, 7) is 1.48. The first-order valence-electron chi connectivity index (χ1n) is 7.55. The molecule has 0 fully saturated rings. The number of nitrogens with zero attached hydrogens (tertiary/aromatic N) is 3. The highest BCUT2D eigenvalue weighted by atomic mass is 19.4. The molecule has 2 aromatic heterocycles. The van der Waals surface area contributed by atoms with E-state index in [1.807, 2.05) is 0 Å². The number of alkyl halides is 3. The average molecular weight is 351 g/mol. The van der Waals surface area contributed by atoms with E-state index < -0.39 is 11.7 Å². The van der Waals surface area contributed by atoms with Gasteiger partial charge in [0.05, 0.1) is 25.0 Å². The van der Waals surface area contributed by atoms with Crippen LogP contribution in [0.4, 0.5) is 13.2 Å². The van der Waals surface area contributed by atoms with Crippen LogP contribution in [0.5, 0.6) is 5.75 Å². The number of pyridine rings is 1. The first-order chi connectivity index (χ1) is 11.8. The van der Waals surface area contributed by atoms with Crippen LogP contribution in [-0.2, 0) is 12.7 Å². The van der Waals surface area contributed by atoms with E-state index in [0.29, 0.717) is 17.1 Å². The smallest absolute Gasteiger partial charge is 0.418 e. The third-order valence-electron chi connectivity index (χ3n) is 3.89. The molecule has 0 amide bonds. The van der Waals surface area contributed by atoms with Gasteiger partial charge in [0.1, 0.15) is 17.1 Å². The quantitative estimate of drug-likeness (QED) is 0.782. The van der Waals surface area contributed by atoms with Crippen molar-refractivity contribution in [3.8, 4) is 17.0 Å². The summed E-state index contributed by atoms with van der Waals surface area (Å²) in [7, 11) is 1.48. The molecule has 0 bridgehead atoms. The summed E-state index contributed by atoms with van der Waals surface area (Å²) in [4.78, 5) is 8.38. The van der Waals surface area contributed by atoms with Gasteiger partial charge in [-0.25, -0.2) is 9.97 Å². The normalized spacial score (nSPS) is 11.9. The summed E-state index contributed by atoms with van der Waals surface area (Å²) in [5.41, 5.74) is -0.307. The van der Waals surface area contributed by atoms with Crippen LogP contribution < -0.4 is 4.74 Å². The molecule has 0 aliphatic rings. The number of hydrogen-bond donors (Lipinski definition) is 1. The standard InChI is InChI=1S/C17H16F3N3O2/c1-10-21-15-13(17(18,19)20)9-14(22-16(15)23(10)6-7-24)11-4-3-5-12(8-11)25-2/h3-5,8-9,24H,6-7H2,1-2H3. The maximum Gasteiger partial charge on any atom is 0.418 e. The van der Waals surface area contributed by atoms with E-state index in [4.69, 9.17) is 4.74 Å².